The van der Waals surface area contributed by atoms with E-state index in [0.29, 0.717) is 19.5 Å². The summed E-state index contributed by atoms with van der Waals surface area (Å²) in [6.07, 6.45) is 8.24. The van der Waals surface area contributed by atoms with Gasteiger partial charge in [-0.3, -0.25) is 9.59 Å². The third kappa shape index (κ3) is 4.12. The van der Waals surface area contributed by atoms with Crippen LogP contribution >= 0.6 is 0 Å². The molecule has 150 valence electrons. The molecule has 4 heteroatoms. The van der Waals surface area contributed by atoms with E-state index >= 15 is 0 Å². The minimum atomic E-state index is 0.0832. The Labute approximate surface area is 172 Å². The predicted octanol–water partition coefficient (Wildman–Crippen LogP) is 4.69. The van der Waals surface area contributed by atoms with Crippen LogP contribution in [0.4, 0.5) is 5.69 Å². The first-order chi connectivity index (χ1) is 14.2. The summed E-state index contributed by atoms with van der Waals surface area (Å²) in [5, 5.41) is 0. The number of carbonyl (C=O) groups is 2. The van der Waals surface area contributed by atoms with Crippen molar-refractivity contribution in [2.75, 3.05) is 18.0 Å². The molecule has 0 radical (unpaired) electrons. The van der Waals surface area contributed by atoms with Gasteiger partial charge in [0, 0.05) is 36.8 Å². The number of hydrogen-bond donors (Lipinski definition) is 0. The van der Waals surface area contributed by atoms with Gasteiger partial charge in [0.15, 0.2) is 0 Å². The molecule has 1 saturated heterocycles. The van der Waals surface area contributed by atoms with Crippen molar-refractivity contribution in [3.8, 4) is 0 Å². The molecule has 2 amide bonds. The van der Waals surface area contributed by atoms with Crippen LogP contribution in [0.5, 0.6) is 0 Å². The molecular formula is C25H28N2O2. The van der Waals surface area contributed by atoms with Gasteiger partial charge in [-0.25, -0.2) is 0 Å². The van der Waals surface area contributed by atoms with Gasteiger partial charge < -0.3 is 9.80 Å². The Hall–Kier alpha value is -2.88. The highest BCUT2D eigenvalue weighted by molar-refractivity contribution is 5.97. The average molecular weight is 389 g/mol. The quantitative estimate of drug-likeness (QED) is 0.762. The molecule has 0 aliphatic carbocycles. The Morgan fingerprint density at radius 2 is 1.76 bits per heavy atom. The van der Waals surface area contributed by atoms with E-state index in [0.717, 1.165) is 42.5 Å². The van der Waals surface area contributed by atoms with E-state index in [4.69, 9.17) is 0 Å². The number of aryl methyl sites for hydroxylation is 1. The summed E-state index contributed by atoms with van der Waals surface area (Å²) in [5.41, 5.74) is 4.16. The maximum absolute atomic E-state index is 12.9. The number of allylic oxidation sites excluding steroid dienone is 1. The lowest BCUT2D eigenvalue weighted by Gasteiger charge is -2.41. The van der Waals surface area contributed by atoms with Crippen LogP contribution in [0.1, 0.15) is 54.1 Å². The summed E-state index contributed by atoms with van der Waals surface area (Å²) < 4.78 is 0. The third-order valence-electron chi connectivity index (χ3n) is 5.95. The van der Waals surface area contributed by atoms with E-state index in [2.05, 4.69) is 31.2 Å². The fourth-order valence-electron chi connectivity index (χ4n) is 4.35. The van der Waals surface area contributed by atoms with Gasteiger partial charge in [0.1, 0.15) is 0 Å². The van der Waals surface area contributed by atoms with Crippen molar-refractivity contribution >= 4 is 23.6 Å². The normalized spacial score (nSPS) is 17.6. The van der Waals surface area contributed by atoms with Crippen molar-refractivity contribution in [2.45, 2.75) is 45.1 Å². The lowest BCUT2D eigenvalue weighted by Crippen LogP contribution is -2.50. The number of piperidine rings is 1. The summed E-state index contributed by atoms with van der Waals surface area (Å²) in [4.78, 5) is 29.5. The fraction of sp³-hybridized carbons (Fsp3) is 0.360. The van der Waals surface area contributed by atoms with Gasteiger partial charge in [0.05, 0.1) is 0 Å². The zero-order valence-corrected chi connectivity index (χ0v) is 17.0. The first kappa shape index (κ1) is 19.4. The standard InChI is InChI=1S/C25H28N2O2/c1-2-3-6-19-9-11-21(12-10-19)25(29)26-17-15-22(16-18-26)27-23-8-5-4-7-20(23)13-14-24(27)28/h3-12,22H,2,13-18H2,1H3/b6-3+. The van der Waals surface area contributed by atoms with Crippen molar-refractivity contribution in [2.24, 2.45) is 0 Å². The molecule has 29 heavy (non-hydrogen) atoms. The number of amides is 2. The van der Waals surface area contributed by atoms with Crippen LogP contribution in [0.3, 0.4) is 0 Å². The lowest BCUT2D eigenvalue weighted by atomic mass is 9.95. The molecule has 2 aliphatic heterocycles. The van der Waals surface area contributed by atoms with E-state index < -0.39 is 0 Å². The smallest absolute Gasteiger partial charge is 0.253 e. The Bertz CT molecular complexity index is 909. The van der Waals surface area contributed by atoms with Crippen LogP contribution in [0.25, 0.3) is 6.08 Å². The van der Waals surface area contributed by atoms with E-state index in [1.165, 1.54) is 5.56 Å². The van der Waals surface area contributed by atoms with Gasteiger partial charge in [0.2, 0.25) is 5.91 Å². The maximum atomic E-state index is 12.9. The average Bonchev–Trinajstić information content (AvgIpc) is 2.78. The molecule has 0 saturated carbocycles. The third-order valence-corrected chi connectivity index (χ3v) is 5.95. The van der Waals surface area contributed by atoms with Crippen molar-refractivity contribution in [3.05, 3.63) is 71.3 Å². The van der Waals surface area contributed by atoms with Gasteiger partial charge in [-0.2, -0.15) is 0 Å². The number of carbonyl (C=O) groups excluding carboxylic acids is 2. The van der Waals surface area contributed by atoms with Gasteiger partial charge >= 0.3 is 0 Å². The van der Waals surface area contributed by atoms with Gasteiger partial charge in [-0.15, -0.1) is 0 Å². The number of hydrogen-bond acceptors (Lipinski definition) is 2. The summed E-state index contributed by atoms with van der Waals surface area (Å²) in [6, 6.07) is 16.2. The molecule has 0 atom stereocenters. The fourth-order valence-corrected chi connectivity index (χ4v) is 4.35. The number of fused-ring (bicyclic) bond motifs is 1. The Balaban J connectivity index is 1.41. The molecule has 2 aromatic carbocycles. The molecular weight excluding hydrogens is 360 g/mol. The summed E-state index contributed by atoms with van der Waals surface area (Å²) in [6.45, 7) is 3.48. The molecule has 0 unspecified atom stereocenters. The zero-order valence-electron chi connectivity index (χ0n) is 17.0. The maximum Gasteiger partial charge on any atom is 0.253 e. The summed E-state index contributed by atoms with van der Waals surface area (Å²) in [5.74, 6) is 0.295. The molecule has 0 spiro atoms. The molecule has 0 N–H and O–H groups in total. The Kier molecular flexibility index (Phi) is 5.79. The molecule has 2 heterocycles. The second-order valence-electron chi connectivity index (χ2n) is 7.85. The Morgan fingerprint density at radius 3 is 2.48 bits per heavy atom. The van der Waals surface area contributed by atoms with E-state index in [9.17, 15) is 9.59 Å². The minimum Gasteiger partial charge on any atom is -0.338 e. The van der Waals surface area contributed by atoms with Gasteiger partial charge in [-0.05, 0) is 55.0 Å². The highest BCUT2D eigenvalue weighted by atomic mass is 16.2. The SMILES string of the molecule is CC/C=C/c1ccc(C(=O)N2CCC(N3C(=O)CCc4ccccc43)CC2)cc1. The number of likely N-dealkylation sites (tertiary alicyclic amines) is 1. The number of para-hydroxylation sites is 1. The molecule has 0 aromatic heterocycles. The minimum absolute atomic E-state index is 0.0832. The van der Waals surface area contributed by atoms with Crippen LogP contribution in [0, 0.1) is 0 Å². The van der Waals surface area contributed by atoms with Crippen LogP contribution in [0.2, 0.25) is 0 Å². The largest absolute Gasteiger partial charge is 0.338 e. The van der Waals surface area contributed by atoms with E-state index in [-0.39, 0.29) is 17.9 Å². The second kappa shape index (κ2) is 8.64. The predicted molar refractivity (Wildman–Crippen MR) is 117 cm³/mol. The van der Waals surface area contributed by atoms with E-state index in [1.807, 2.05) is 46.2 Å². The summed E-state index contributed by atoms with van der Waals surface area (Å²) in [7, 11) is 0. The number of benzene rings is 2. The molecule has 0 bridgehead atoms. The zero-order chi connectivity index (χ0) is 20.2. The molecule has 2 aromatic rings. The highest BCUT2D eigenvalue weighted by Gasteiger charge is 2.33. The van der Waals surface area contributed by atoms with Crippen LogP contribution in [-0.2, 0) is 11.2 Å². The molecule has 4 rings (SSSR count). The van der Waals surface area contributed by atoms with Crippen LogP contribution in [-0.4, -0.2) is 35.8 Å². The van der Waals surface area contributed by atoms with E-state index in [1.54, 1.807) is 0 Å². The first-order valence-electron chi connectivity index (χ1n) is 10.6. The topological polar surface area (TPSA) is 40.6 Å². The van der Waals surface area contributed by atoms with Crippen molar-refractivity contribution < 1.29 is 9.59 Å². The monoisotopic (exact) mass is 388 g/mol. The second-order valence-corrected chi connectivity index (χ2v) is 7.85. The Morgan fingerprint density at radius 1 is 1.03 bits per heavy atom. The van der Waals surface area contributed by atoms with Crippen molar-refractivity contribution in [1.29, 1.82) is 0 Å². The van der Waals surface area contributed by atoms with Gasteiger partial charge in [-0.1, -0.05) is 49.4 Å². The van der Waals surface area contributed by atoms with Crippen molar-refractivity contribution in [1.82, 2.24) is 4.90 Å². The molecule has 4 nitrogen and oxygen atoms in total. The van der Waals surface area contributed by atoms with Crippen LogP contribution < -0.4 is 4.90 Å². The molecule has 1 fully saturated rings. The first-order valence-corrected chi connectivity index (χ1v) is 10.6. The van der Waals surface area contributed by atoms with Crippen molar-refractivity contribution in [3.63, 3.8) is 0 Å². The lowest BCUT2D eigenvalue weighted by molar-refractivity contribution is -0.119. The number of nitrogens with zero attached hydrogens (tertiary/aromatic N) is 2. The number of anilines is 1. The van der Waals surface area contributed by atoms with Gasteiger partial charge in [0.25, 0.3) is 5.91 Å². The highest BCUT2D eigenvalue weighted by Crippen LogP contribution is 2.32. The summed E-state index contributed by atoms with van der Waals surface area (Å²) >= 11 is 0. The number of rotatable bonds is 4. The van der Waals surface area contributed by atoms with Crippen LogP contribution in [0.15, 0.2) is 54.6 Å². The molecule has 2 aliphatic rings.